The molecule has 1 aliphatic heterocycles. The van der Waals surface area contributed by atoms with Crippen LogP contribution in [0, 0.1) is 18.3 Å². The summed E-state index contributed by atoms with van der Waals surface area (Å²) in [5.41, 5.74) is 0. The van der Waals surface area contributed by atoms with Crippen LogP contribution < -0.4 is 9.64 Å². The Kier molecular flexibility index (Phi) is 2.42. The van der Waals surface area contributed by atoms with E-state index in [1.54, 1.807) is 13.3 Å². The van der Waals surface area contributed by atoms with Gasteiger partial charge in [-0.05, 0) is 37.2 Å². The first-order valence-electron chi connectivity index (χ1n) is 5.80. The Bertz CT molecular complexity index is 370. The summed E-state index contributed by atoms with van der Waals surface area (Å²) in [6.45, 7) is 2.25. The molecule has 2 aliphatic rings. The number of nitrogens with zero attached hydrogens (tertiary/aromatic N) is 3. The van der Waals surface area contributed by atoms with Crippen LogP contribution in [0.15, 0.2) is 12.3 Å². The zero-order valence-corrected chi connectivity index (χ0v) is 9.47. The minimum atomic E-state index is 0.459. The molecule has 4 nitrogen and oxygen atoms in total. The van der Waals surface area contributed by atoms with Crippen LogP contribution in [0.1, 0.15) is 12.8 Å². The minimum Gasteiger partial charge on any atom is -0.467 e. The van der Waals surface area contributed by atoms with E-state index < -0.39 is 0 Å². The van der Waals surface area contributed by atoms with E-state index in [2.05, 4.69) is 21.3 Å². The first-order chi connectivity index (χ1) is 7.86. The standard InChI is InChI=1S/C12H16N3O/c1-16-12-13-6-5-11(14-12)15-7-9-3-2-4-10(9)8-15/h2,5-6,9-10H,3-4,7-8H2,1H3/t9-,10+. The molecule has 0 bridgehead atoms. The highest BCUT2D eigenvalue weighted by Gasteiger charge is 2.36. The van der Waals surface area contributed by atoms with Crippen LogP contribution in [0.25, 0.3) is 0 Å². The molecule has 1 saturated carbocycles. The van der Waals surface area contributed by atoms with Gasteiger partial charge in [-0.15, -0.1) is 0 Å². The fraction of sp³-hybridized carbons (Fsp3) is 0.583. The van der Waals surface area contributed by atoms with Crippen LogP contribution in [-0.4, -0.2) is 30.2 Å². The van der Waals surface area contributed by atoms with E-state index in [1.807, 2.05) is 6.07 Å². The van der Waals surface area contributed by atoms with Gasteiger partial charge in [-0.25, -0.2) is 4.98 Å². The number of hydrogen-bond donors (Lipinski definition) is 0. The average molecular weight is 218 g/mol. The highest BCUT2D eigenvalue weighted by Crippen LogP contribution is 2.38. The molecule has 4 heteroatoms. The third-order valence-electron chi connectivity index (χ3n) is 3.64. The zero-order valence-electron chi connectivity index (χ0n) is 9.47. The second-order valence-corrected chi connectivity index (χ2v) is 4.59. The molecule has 0 unspecified atom stereocenters. The molecule has 0 N–H and O–H groups in total. The molecule has 3 rings (SSSR count). The Hall–Kier alpha value is -1.32. The molecule has 0 spiro atoms. The second kappa shape index (κ2) is 3.92. The lowest BCUT2D eigenvalue weighted by Gasteiger charge is -2.18. The SMILES string of the molecule is COc1nccc(N2C[C@H]3C[CH]C[C@H]3C2)n1. The summed E-state index contributed by atoms with van der Waals surface area (Å²) in [7, 11) is 1.60. The zero-order chi connectivity index (χ0) is 11.0. The third-order valence-corrected chi connectivity index (χ3v) is 3.64. The van der Waals surface area contributed by atoms with E-state index in [0.717, 1.165) is 30.7 Å². The summed E-state index contributed by atoms with van der Waals surface area (Å²) in [4.78, 5) is 10.8. The monoisotopic (exact) mass is 218 g/mol. The summed E-state index contributed by atoms with van der Waals surface area (Å²) in [6, 6.07) is 2.42. The Balaban J connectivity index is 1.78. The molecule has 2 fully saturated rings. The summed E-state index contributed by atoms with van der Waals surface area (Å²) < 4.78 is 5.05. The number of fused-ring (bicyclic) bond motifs is 1. The molecular weight excluding hydrogens is 202 g/mol. The Morgan fingerprint density at radius 3 is 2.75 bits per heavy atom. The van der Waals surface area contributed by atoms with E-state index >= 15 is 0 Å². The molecule has 85 valence electrons. The molecule has 0 aromatic carbocycles. The number of anilines is 1. The molecule has 1 aromatic rings. The van der Waals surface area contributed by atoms with Crippen molar-refractivity contribution in [1.29, 1.82) is 0 Å². The van der Waals surface area contributed by atoms with Crippen molar-refractivity contribution < 1.29 is 4.74 Å². The van der Waals surface area contributed by atoms with Crippen molar-refractivity contribution in [2.24, 2.45) is 11.8 Å². The first-order valence-corrected chi connectivity index (χ1v) is 5.80. The van der Waals surface area contributed by atoms with Crippen LogP contribution in [-0.2, 0) is 0 Å². The fourth-order valence-corrected chi connectivity index (χ4v) is 2.79. The van der Waals surface area contributed by atoms with E-state index in [1.165, 1.54) is 12.8 Å². The Morgan fingerprint density at radius 1 is 1.31 bits per heavy atom. The summed E-state index contributed by atoms with van der Waals surface area (Å²) in [5, 5.41) is 0. The molecular formula is C12H16N3O. The van der Waals surface area contributed by atoms with Crippen molar-refractivity contribution in [1.82, 2.24) is 9.97 Å². The van der Waals surface area contributed by atoms with Gasteiger partial charge in [0, 0.05) is 19.3 Å². The van der Waals surface area contributed by atoms with Crippen LogP contribution in [0.4, 0.5) is 5.82 Å². The van der Waals surface area contributed by atoms with Crippen LogP contribution in [0.2, 0.25) is 0 Å². The molecule has 16 heavy (non-hydrogen) atoms. The quantitative estimate of drug-likeness (QED) is 0.754. The Morgan fingerprint density at radius 2 is 2.06 bits per heavy atom. The lowest BCUT2D eigenvalue weighted by atomic mass is 10.0. The smallest absolute Gasteiger partial charge is 0.318 e. The van der Waals surface area contributed by atoms with Crippen molar-refractivity contribution in [2.45, 2.75) is 12.8 Å². The van der Waals surface area contributed by atoms with Crippen LogP contribution in [0.3, 0.4) is 0 Å². The molecule has 1 aromatic heterocycles. The number of aromatic nitrogens is 2. The molecule has 2 heterocycles. The van der Waals surface area contributed by atoms with E-state index in [0.29, 0.717) is 6.01 Å². The van der Waals surface area contributed by atoms with Crippen LogP contribution >= 0.6 is 0 Å². The topological polar surface area (TPSA) is 38.2 Å². The highest BCUT2D eigenvalue weighted by molar-refractivity contribution is 5.40. The van der Waals surface area contributed by atoms with Gasteiger partial charge in [-0.2, -0.15) is 4.98 Å². The van der Waals surface area contributed by atoms with E-state index in [9.17, 15) is 0 Å². The van der Waals surface area contributed by atoms with Gasteiger partial charge in [0.2, 0.25) is 0 Å². The van der Waals surface area contributed by atoms with Crippen molar-refractivity contribution in [3.63, 3.8) is 0 Å². The predicted octanol–water partition coefficient (Wildman–Crippen LogP) is 1.54. The summed E-state index contributed by atoms with van der Waals surface area (Å²) in [6.07, 6.45) is 6.72. The lowest BCUT2D eigenvalue weighted by molar-refractivity contribution is 0.380. The maximum absolute atomic E-state index is 5.05. The fourth-order valence-electron chi connectivity index (χ4n) is 2.79. The summed E-state index contributed by atoms with van der Waals surface area (Å²) in [5.74, 6) is 2.67. The molecule has 0 amide bonds. The molecule has 1 saturated heterocycles. The molecule has 1 aliphatic carbocycles. The predicted molar refractivity (Wildman–Crippen MR) is 61.3 cm³/mol. The van der Waals surface area contributed by atoms with Gasteiger partial charge in [0.05, 0.1) is 7.11 Å². The van der Waals surface area contributed by atoms with Gasteiger partial charge in [0.15, 0.2) is 0 Å². The third kappa shape index (κ3) is 1.62. The van der Waals surface area contributed by atoms with Crippen molar-refractivity contribution >= 4 is 5.82 Å². The van der Waals surface area contributed by atoms with Crippen molar-refractivity contribution in [3.8, 4) is 6.01 Å². The normalized spacial score (nSPS) is 28.2. The Labute approximate surface area is 95.7 Å². The van der Waals surface area contributed by atoms with Crippen molar-refractivity contribution in [3.05, 3.63) is 18.7 Å². The molecule has 1 radical (unpaired) electrons. The maximum atomic E-state index is 5.05. The number of methoxy groups -OCH3 is 1. The number of rotatable bonds is 2. The highest BCUT2D eigenvalue weighted by atomic mass is 16.5. The number of hydrogen-bond acceptors (Lipinski definition) is 4. The maximum Gasteiger partial charge on any atom is 0.318 e. The van der Waals surface area contributed by atoms with Gasteiger partial charge in [0.1, 0.15) is 5.82 Å². The lowest BCUT2D eigenvalue weighted by Crippen LogP contribution is -2.22. The van der Waals surface area contributed by atoms with Gasteiger partial charge in [-0.3, -0.25) is 0 Å². The van der Waals surface area contributed by atoms with Crippen LogP contribution in [0.5, 0.6) is 6.01 Å². The largest absolute Gasteiger partial charge is 0.467 e. The van der Waals surface area contributed by atoms with Gasteiger partial charge in [-0.1, -0.05) is 0 Å². The first kappa shape index (κ1) is 9.87. The minimum absolute atomic E-state index is 0.459. The van der Waals surface area contributed by atoms with Crippen molar-refractivity contribution in [2.75, 3.05) is 25.1 Å². The van der Waals surface area contributed by atoms with E-state index in [4.69, 9.17) is 4.74 Å². The summed E-state index contributed by atoms with van der Waals surface area (Å²) >= 11 is 0. The van der Waals surface area contributed by atoms with Gasteiger partial charge >= 0.3 is 6.01 Å². The van der Waals surface area contributed by atoms with Gasteiger partial charge < -0.3 is 9.64 Å². The average Bonchev–Trinajstić information content (AvgIpc) is 2.89. The second-order valence-electron chi connectivity index (χ2n) is 4.59. The molecule has 2 atom stereocenters. The number of ether oxygens (including phenoxy) is 1. The van der Waals surface area contributed by atoms with Gasteiger partial charge in [0.25, 0.3) is 0 Å². The van der Waals surface area contributed by atoms with E-state index in [-0.39, 0.29) is 0 Å².